The lowest BCUT2D eigenvalue weighted by molar-refractivity contribution is -0.384. The van der Waals surface area contributed by atoms with Gasteiger partial charge in [-0.1, -0.05) is 0 Å². The van der Waals surface area contributed by atoms with Gasteiger partial charge in [-0.3, -0.25) is 15.5 Å². The van der Waals surface area contributed by atoms with E-state index in [0.29, 0.717) is 22.9 Å². The van der Waals surface area contributed by atoms with Crippen LogP contribution in [0.5, 0.6) is 11.5 Å². The van der Waals surface area contributed by atoms with E-state index in [1.165, 1.54) is 31.4 Å². The van der Waals surface area contributed by atoms with E-state index in [9.17, 15) is 14.9 Å². The molecule has 0 saturated carbocycles. The number of carbonyl (C=O) groups is 1. The lowest BCUT2D eigenvalue weighted by Gasteiger charge is -2.10. The first-order valence-electron chi connectivity index (χ1n) is 8.62. The summed E-state index contributed by atoms with van der Waals surface area (Å²) < 4.78 is 16.1. The number of ether oxygens (including phenoxy) is 2. The lowest BCUT2D eigenvalue weighted by Crippen LogP contribution is -1.98. The van der Waals surface area contributed by atoms with E-state index in [2.05, 4.69) is 10.5 Å². The quantitative estimate of drug-likeness (QED) is 0.307. The Morgan fingerprint density at radius 3 is 2.60 bits per heavy atom. The summed E-state index contributed by atoms with van der Waals surface area (Å²) in [6.07, 6.45) is 1.55. The second-order valence-corrected chi connectivity index (χ2v) is 5.94. The molecule has 1 aromatic heterocycles. The van der Waals surface area contributed by atoms with E-state index in [1.807, 2.05) is 0 Å². The summed E-state index contributed by atoms with van der Waals surface area (Å²) in [4.78, 5) is 21.0. The summed E-state index contributed by atoms with van der Waals surface area (Å²) in [6, 6.07) is 13.9. The third-order valence-electron chi connectivity index (χ3n) is 3.92. The van der Waals surface area contributed by atoms with Crippen molar-refractivity contribution in [2.24, 2.45) is 5.10 Å². The zero-order chi connectivity index (χ0) is 21.5. The summed E-state index contributed by atoms with van der Waals surface area (Å²) in [5.74, 6) is -0.0320. The first-order valence-corrected chi connectivity index (χ1v) is 8.62. The topological polar surface area (TPSA) is 136 Å². The van der Waals surface area contributed by atoms with Gasteiger partial charge in [-0.2, -0.15) is 5.10 Å². The number of hydrogen-bond donors (Lipinski definition) is 2. The molecule has 0 bridgehead atoms. The van der Waals surface area contributed by atoms with E-state index in [-0.39, 0.29) is 18.1 Å². The van der Waals surface area contributed by atoms with Gasteiger partial charge in [0.1, 0.15) is 12.4 Å². The van der Waals surface area contributed by atoms with Crippen molar-refractivity contribution in [3.05, 3.63) is 81.8 Å². The van der Waals surface area contributed by atoms with E-state index >= 15 is 0 Å². The molecule has 154 valence electrons. The van der Waals surface area contributed by atoms with Crippen LogP contribution >= 0.6 is 0 Å². The van der Waals surface area contributed by atoms with Crippen LogP contribution in [0.15, 0.2) is 64.1 Å². The van der Waals surface area contributed by atoms with Crippen LogP contribution in [0.3, 0.4) is 0 Å². The number of rotatable bonds is 9. The molecule has 10 heteroatoms. The minimum Gasteiger partial charge on any atom is -0.493 e. The summed E-state index contributed by atoms with van der Waals surface area (Å²) in [6.45, 7) is 0.0405. The van der Waals surface area contributed by atoms with Crippen LogP contribution < -0.4 is 14.9 Å². The number of furan rings is 1. The maximum absolute atomic E-state index is 10.8. The third-order valence-corrected chi connectivity index (χ3v) is 3.92. The summed E-state index contributed by atoms with van der Waals surface area (Å²) >= 11 is 0. The minimum atomic E-state index is -1.15. The molecule has 0 radical (unpaired) electrons. The van der Waals surface area contributed by atoms with E-state index < -0.39 is 10.9 Å². The molecule has 3 rings (SSSR count). The zero-order valence-electron chi connectivity index (χ0n) is 15.8. The molecule has 0 aliphatic carbocycles. The number of benzene rings is 2. The fraction of sp³-hybridized carbons (Fsp3) is 0.100. The number of nitrogens with one attached hydrogen (secondary N) is 1. The van der Waals surface area contributed by atoms with Crippen LogP contribution in [-0.4, -0.2) is 29.3 Å². The molecule has 0 unspecified atom stereocenters. The van der Waals surface area contributed by atoms with Crippen molar-refractivity contribution < 1.29 is 28.7 Å². The first kappa shape index (κ1) is 20.4. The molecule has 0 aliphatic rings. The normalized spacial score (nSPS) is 10.7. The van der Waals surface area contributed by atoms with Crippen molar-refractivity contribution in [1.29, 1.82) is 0 Å². The number of carboxylic acids is 1. The van der Waals surface area contributed by atoms with Gasteiger partial charge in [0.05, 0.1) is 23.9 Å². The number of hydrogen-bond acceptors (Lipinski definition) is 8. The second kappa shape index (κ2) is 9.24. The Kier molecular flexibility index (Phi) is 6.28. The van der Waals surface area contributed by atoms with Gasteiger partial charge >= 0.3 is 5.97 Å². The van der Waals surface area contributed by atoms with E-state index in [4.69, 9.17) is 19.0 Å². The fourth-order valence-electron chi connectivity index (χ4n) is 2.44. The van der Waals surface area contributed by atoms with Crippen molar-refractivity contribution in [2.45, 2.75) is 6.61 Å². The Morgan fingerprint density at radius 2 is 1.97 bits per heavy atom. The Balaban J connectivity index is 1.62. The average molecular weight is 411 g/mol. The van der Waals surface area contributed by atoms with Crippen LogP contribution in [0, 0.1) is 10.1 Å². The predicted molar refractivity (Wildman–Crippen MR) is 107 cm³/mol. The predicted octanol–water partition coefficient (Wildman–Crippen LogP) is 3.92. The van der Waals surface area contributed by atoms with Gasteiger partial charge in [-0.15, -0.1) is 0 Å². The molecular formula is C20H17N3O7. The molecule has 0 fully saturated rings. The van der Waals surface area contributed by atoms with Crippen molar-refractivity contribution in [1.82, 2.24) is 0 Å². The number of hydrazone groups is 1. The van der Waals surface area contributed by atoms with Gasteiger partial charge in [0.2, 0.25) is 5.76 Å². The number of nitro groups is 1. The van der Waals surface area contributed by atoms with E-state index in [1.54, 1.807) is 36.5 Å². The van der Waals surface area contributed by atoms with Crippen molar-refractivity contribution in [2.75, 3.05) is 12.5 Å². The molecule has 0 spiro atoms. The highest BCUT2D eigenvalue weighted by atomic mass is 16.6. The third kappa shape index (κ3) is 5.13. The first-order chi connectivity index (χ1) is 14.5. The maximum atomic E-state index is 10.8. The highest BCUT2D eigenvalue weighted by Crippen LogP contribution is 2.28. The number of carboxylic acid groups (broad SMARTS) is 1. The number of aromatic carboxylic acids is 1. The minimum absolute atomic E-state index is 0.00131. The summed E-state index contributed by atoms with van der Waals surface area (Å²) in [5, 5.41) is 23.6. The molecule has 1 heterocycles. The van der Waals surface area contributed by atoms with Gasteiger partial charge in [-0.25, -0.2) is 4.79 Å². The molecule has 2 N–H and O–H groups in total. The molecule has 10 nitrogen and oxygen atoms in total. The molecule has 3 aromatic rings. The highest BCUT2D eigenvalue weighted by Gasteiger charge is 2.11. The number of methoxy groups -OCH3 is 1. The van der Waals surface area contributed by atoms with E-state index in [0.717, 1.165) is 5.56 Å². The zero-order valence-corrected chi connectivity index (χ0v) is 15.8. The smallest absolute Gasteiger partial charge is 0.371 e. The van der Waals surface area contributed by atoms with Gasteiger partial charge in [0.25, 0.3) is 5.69 Å². The van der Waals surface area contributed by atoms with Gasteiger partial charge in [0, 0.05) is 12.1 Å². The molecular weight excluding hydrogens is 394 g/mol. The average Bonchev–Trinajstić information content (AvgIpc) is 3.22. The standard InChI is InChI=1S/C20H17N3O7/c1-28-19-10-13(11-21-22-14-3-5-15(6-4-14)23(26)27)2-8-17(19)29-12-16-7-9-18(30-16)20(24)25/h2-11,22H,12H2,1H3,(H,24,25)/b21-11-. The Hall–Kier alpha value is -4.34. The number of non-ortho nitro benzene ring substituents is 1. The van der Waals surface area contributed by atoms with Crippen LogP contribution in [0.25, 0.3) is 0 Å². The van der Waals surface area contributed by atoms with Crippen LogP contribution in [-0.2, 0) is 6.61 Å². The van der Waals surface area contributed by atoms with Crippen LogP contribution in [0.2, 0.25) is 0 Å². The molecule has 2 aromatic carbocycles. The van der Waals surface area contributed by atoms with Crippen molar-refractivity contribution >= 4 is 23.6 Å². The summed E-state index contributed by atoms with van der Waals surface area (Å²) in [5.41, 5.74) is 4.10. The lowest BCUT2D eigenvalue weighted by atomic mass is 10.2. The number of anilines is 1. The van der Waals surface area contributed by atoms with Crippen LogP contribution in [0.4, 0.5) is 11.4 Å². The Bertz CT molecular complexity index is 1070. The van der Waals surface area contributed by atoms with Crippen molar-refractivity contribution in [3.8, 4) is 11.5 Å². The number of nitrogens with zero attached hydrogens (tertiary/aromatic N) is 2. The largest absolute Gasteiger partial charge is 0.493 e. The fourth-order valence-corrected chi connectivity index (χ4v) is 2.44. The monoisotopic (exact) mass is 411 g/mol. The van der Waals surface area contributed by atoms with Gasteiger partial charge in [0.15, 0.2) is 11.5 Å². The maximum Gasteiger partial charge on any atom is 0.371 e. The SMILES string of the molecule is COc1cc(/C=N\Nc2ccc([N+](=O)[O-])cc2)ccc1OCc1ccc(C(=O)O)o1. The van der Waals surface area contributed by atoms with Gasteiger partial charge in [-0.05, 0) is 48.0 Å². The Labute approximate surface area is 170 Å². The second-order valence-electron chi connectivity index (χ2n) is 5.94. The molecule has 0 aliphatic heterocycles. The van der Waals surface area contributed by atoms with Gasteiger partial charge < -0.3 is 19.0 Å². The number of nitro benzene ring substituents is 1. The van der Waals surface area contributed by atoms with Crippen LogP contribution in [0.1, 0.15) is 21.9 Å². The molecule has 0 saturated heterocycles. The Morgan fingerprint density at radius 1 is 1.20 bits per heavy atom. The highest BCUT2D eigenvalue weighted by molar-refractivity contribution is 5.84. The summed E-state index contributed by atoms with van der Waals surface area (Å²) in [7, 11) is 1.49. The molecule has 30 heavy (non-hydrogen) atoms. The molecule has 0 atom stereocenters. The molecule has 0 amide bonds. The van der Waals surface area contributed by atoms with Crippen molar-refractivity contribution in [3.63, 3.8) is 0 Å².